The van der Waals surface area contributed by atoms with Crippen molar-refractivity contribution >= 4 is 45.5 Å². The minimum Gasteiger partial charge on any atom is -0.490 e. The summed E-state index contributed by atoms with van der Waals surface area (Å²) in [5.41, 5.74) is 5.04. The van der Waals surface area contributed by atoms with Crippen LogP contribution in [0.1, 0.15) is 23.6 Å². The second kappa shape index (κ2) is 11.8. The van der Waals surface area contributed by atoms with Gasteiger partial charge < -0.3 is 9.47 Å². The molecule has 0 radical (unpaired) electrons. The zero-order valence-electron chi connectivity index (χ0n) is 19.1. The number of nitrogens with one attached hydrogen (secondary N) is 1. The van der Waals surface area contributed by atoms with Gasteiger partial charge in [0.1, 0.15) is 12.4 Å². The number of carbonyl (C=O) groups excluding carboxylic acids is 1. The minimum atomic E-state index is -0.337. The van der Waals surface area contributed by atoms with E-state index in [1.165, 1.54) is 22.9 Å². The second-order valence-electron chi connectivity index (χ2n) is 7.83. The molecule has 5 nitrogen and oxygen atoms in total. The van der Waals surface area contributed by atoms with Crippen molar-refractivity contribution in [3.63, 3.8) is 0 Å². The van der Waals surface area contributed by atoms with Gasteiger partial charge in [0, 0.05) is 0 Å². The summed E-state index contributed by atoms with van der Waals surface area (Å²) < 4.78 is 25.9. The third-order valence-corrected chi connectivity index (χ3v) is 6.01. The average Bonchev–Trinajstić information content (AvgIpc) is 2.85. The molecule has 0 aromatic heterocycles. The van der Waals surface area contributed by atoms with E-state index in [1.807, 2.05) is 31.2 Å². The van der Waals surface area contributed by atoms with Crippen molar-refractivity contribution in [1.82, 2.24) is 5.43 Å². The molecule has 0 heterocycles. The molecule has 0 atom stereocenters. The molecule has 4 aromatic rings. The lowest BCUT2D eigenvalue weighted by Gasteiger charge is -2.15. The third-order valence-electron chi connectivity index (χ3n) is 5.21. The Kier molecular flexibility index (Phi) is 8.31. The number of ether oxygens (including phenoxy) is 2. The molecule has 0 fully saturated rings. The van der Waals surface area contributed by atoms with E-state index in [0.29, 0.717) is 30.3 Å². The molecule has 0 aliphatic rings. The zero-order valence-corrected chi connectivity index (χ0v) is 21.3. The standard InChI is InChI=1S/C28H24FIN2O3/c1-2-34-26-15-21(17-31-32-27(33)16-19-8-11-24(29)12-9-19)14-25(30)28(26)35-18-20-7-10-22-5-3-4-6-23(22)13-20/h3-15,17H,2,16,18H2,1H3,(H,32,33)/b31-17+. The van der Waals surface area contributed by atoms with Gasteiger partial charge in [0.15, 0.2) is 11.5 Å². The highest BCUT2D eigenvalue weighted by Crippen LogP contribution is 2.34. The number of amides is 1. The van der Waals surface area contributed by atoms with Gasteiger partial charge in [-0.25, -0.2) is 9.82 Å². The van der Waals surface area contributed by atoms with Crippen LogP contribution < -0.4 is 14.9 Å². The minimum absolute atomic E-state index is 0.112. The Balaban J connectivity index is 1.42. The van der Waals surface area contributed by atoms with Crippen molar-refractivity contribution in [2.75, 3.05) is 6.61 Å². The Morgan fingerprint density at radius 1 is 0.971 bits per heavy atom. The summed E-state index contributed by atoms with van der Waals surface area (Å²) in [6.45, 7) is 2.81. The normalized spacial score (nSPS) is 11.1. The predicted molar refractivity (Wildman–Crippen MR) is 144 cm³/mol. The molecule has 0 saturated carbocycles. The maximum absolute atomic E-state index is 13.0. The van der Waals surface area contributed by atoms with Crippen LogP contribution in [0, 0.1) is 9.39 Å². The van der Waals surface area contributed by atoms with Gasteiger partial charge in [-0.15, -0.1) is 0 Å². The molecule has 0 spiro atoms. The van der Waals surface area contributed by atoms with Crippen molar-refractivity contribution in [2.24, 2.45) is 5.10 Å². The molecule has 1 amide bonds. The molecule has 4 rings (SSSR count). The monoisotopic (exact) mass is 582 g/mol. The van der Waals surface area contributed by atoms with E-state index in [1.54, 1.807) is 18.3 Å². The molecule has 1 N–H and O–H groups in total. The van der Waals surface area contributed by atoms with Gasteiger partial charge in [-0.2, -0.15) is 5.10 Å². The number of fused-ring (bicyclic) bond motifs is 1. The number of carbonyl (C=O) groups is 1. The van der Waals surface area contributed by atoms with Crippen molar-refractivity contribution in [3.05, 3.63) is 105 Å². The predicted octanol–water partition coefficient (Wildman–Crippen LogP) is 6.25. The third kappa shape index (κ3) is 6.79. The van der Waals surface area contributed by atoms with Crippen LogP contribution in [0.25, 0.3) is 10.8 Å². The lowest BCUT2D eigenvalue weighted by Crippen LogP contribution is -2.19. The molecular weight excluding hydrogens is 558 g/mol. The van der Waals surface area contributed by atoms with Crippen LogP contribution in [0.2, 0.25) is 0 Å². The fraction of sp³-hybridized carbons (Fsp3) is 0.143. The van der Waals surface area contributed by atoms with Crippen molar-refractivity contribution in [1.29, 1.82) is 0 Å². The number of hydrogen-bond donors (Lipinski definition) is 1. The summed E-state index contributed by atoms with van der Waals surface area (Å²) in [5.74, 6) is 0.650. The number of benzene rings is 4. The van der Waals surface area contributed by atoms with E-state index in [4.69, 9.17) is 9.47 Å². The number of nitrogens with zero attached hydrogens (tertiary/aromatic N) is 1. The second-order valence-corrected chi connectivity index (χ2v) is 8.99. The summed E-state index contributed by atoms with van der Waals surface area (Å²) in [6.07, 6.45) is 1.67. The topological polar surface area (TPSA) is 59.9 Å². The highest BCUT2D eigenvalue weighted by Gasteiger charge is 2.12. The number of rotatable bonds is 9. The van der Waals surface area contributed by atoms with E-state index in [-0.39, 0.29) is 18.1 Å². The van der Waals surface area contributed by atoms with Crippen LogP contribution in [-0.4, -0.2) is 18.7 Å². The average molecular weight is 582 g/mol. The van der Waals surface area contributed by atoms with Gasteiger partial charge in [-0.3, -0.25) is 4.79 Å². The maximum Gasteiger partial charge on any atom is 0.244 e. The maximum atomic E-state index is 13.0. The Bertz CT molecular complexity index is 1360. The molecule has 0 bridgehead atoms. The quantitative estimate of drug-likeness (QED) is 0.144. The first-order valence-corrected chi connectivity index (χ1v) is 12.2. The van der Waals surface area contributed by atoms with Gasteiger partial charge >= 0.3 is 0 Å². The highest BCUT2D eigenvalue weighted by atomic mass is 127. The van der Waals surface area contributed by atoms with Crippen molar-refractivity contribution < 1.29 is 18.7 Å². The van der Waals surface area contributed by atoms with Gasteiger partial charge in [0.25, 0.3) is 0 Å². The molecule has 0 aliphatic carbocycles. The first kappa shape index (κ1) is 24.7. The summed E-state index contributed by atoms with van der Waals surface area (Å²) in [4.78, 5) is 12.1. The fourth-order valence-corrected chi connectivity index (χ4v) is 4.34. The molecule has 0 aliphatic heterocycles. The Morgan fingerprint density at radius 3 is 2.49 bits per heavy atom. The molecule has 4 aromatic carbocycles. The molecular formula is C28H24FIN2O3. The number of halogens is 2. The van der Waals surface area contributed by atoms with Gasteiger partial charge in [0.2, 0.25) is 5.91 Å². The van der Waals surface area contributed by atoms with E-state index in [0.717, 1.165) is 14.7 Å². The van der Waals surface area contributed by atoms with Gasteiger partial charge in [-0.05, 0) is 87.3 Å². The fourth-order valence-electron chi connectivity index (χ4n) is 3.56. The van der Waals surface area contributed by atoms with Crippen LogP contribution in [0.15, 0.2) is 84.0 Å². The molecule has 35 heavy (non-hydrogen) atoms. The summed E-state index contributed by atoms with van der Waals surface area (Å²) in [5, 5.41) is 6.41. The number of hydrogen-bond acceptors (Lipinski definition) is 4. The Morgan fingerprint density at radius 2 is 1.71 bits per heavy atom. The van der Waals surface area contributed by atoms with Crippen LogP contribution in [-0.2, 0) is 17.8 Å². The van der Waals surface area contributed by atoms with Gasteiger partial charge in [0.05, 0.1) is 22.8 Å². The lowest BCUT2D eigenvalue weighted by molar-refractivity contribution is -0.120. The lowest BCUT2D eigenvalue weighted by atomic mass is 10.1. The largest absolute Gasteiger partial charge is 0.490 e. The molecule has 178 valence electrons. The molecule has 0 saturated heterocycles. The van der Waals surface area contributed by atoms with E-state index in [2.05, 4.69) is 63.4 Å². The highest BCUT2D eigenvalue weighted by molar-refractivity contribution is 14.1. The SMILES string of the molecule is CCOc1cc(/C=N/NC(=O)Cc2ccc(F)cc2)cc(I)c1OCc1ccc2ccccc2c1. The summed E-state index contributed by atoms with van der Waals surface area (Å²) in [7, 11) is 0. The van der Waals surface area contributed by atoms with Gasteiger partial charge in [-0.1, -0.05) is 48.5 Å². The Labute approximate surface area is 217 Å². The van der Waals surface area contributed by atoms with Crippen molar-refractivity contribution in [3.8, 4) is 11.5 Å². The van der Waals surface area contributed by atoms with E-state index in [9.17, 15) is 9.18 Å². The smallest absolute Gasteiger partial charge is 0.244 e. The summed E-state index contributed by atoms with van der Waals surface area (Å²) in [6, 6.07) is 24.0. The first-order valence-electron chi connectivity index (χ1n) is 11.1. The number of hydrazone groups is 1. The summed E-state index contributed by atoms with van der Waals surface area (Å²) >= 11 is 2.21. The van der Waals surface area contributed by atoms with Crippen molar-refractivity contribution in [2.45, 2.75) is 20.0 Å². The van der Waals surface area contributed by atoms with Crippen LogP contribution in [0.4, 0.5) is 4.39 Å². The van der Waals surface area contributed by atoms with Crippen LogP contribution in [0.3, 0.4) is 0 Å². The van der Waals surface area contributed by atoms with Crippen LogP contribution in [0.5, 0.6) is 11.5 Å². The Hall–Kier alpha value is -3.46. The zero-order chi connectivity index (χ0) is 24.6. The van der Waals surface area contributed by atoms with E-state index < -0.39 is 0 Å². The molecule has 0 unspecified atom stereocenters. The first-order chi connectivity index (χ1) is 17.0. The molecule has 7 heteroatoms. The van der Waals surface area contributed by atoms with E-state index >= 15 is 0 Å². The van der Waals surface area contributed by atoms with Crippen LogP contribution >= 0.6 is 22.6 Å².